The predicted molar refractivity (Wildman–Crippen MR) is 85.6 cm³/mol. The first-order valence-corrected chi connectivity index (χ1v) is 8.17. The second-order valence-electron chi connectivity index (χ2n) is 6.27. The van der Waals surface area contributed by atoms with E-state index < -0.39 is 5.92 Å². The lowest BCUT2D eigenvalue weighted by Gasteiger charge is -2.28. The fraction of sp³-hybridized carbons (Fsp3) is 0.529. The number of hydrogen-bond donors (Lipinski definition) is 1. The van der Waals surface area contributed by atoms with Gasteiger partial charge in [-0.25, -0.2) is 13.3 Å². The number of aromatic nitrogens is 2. The molecule has 1 amide bonds. The van der Waals surface area contributed by atoms with Crippen molar-refractivity contribution in [3.8, 4) is 5.88 Å². The van der Waals surface area contributed by atoms with Gasteiger partial charge in [-0.05, 0) is 31.2 Å². The Morgan fingerprint density at radius 1 is 1.42 bits per heavy atom. The van der Waals surface area contributed by atoms with Crippen LogP contribution in [0.25, 0.3) is 5.52 Å². The number of nitrogens with one attached hydrogen (secondary N) is 1. The van der Waals surface area contributed by atoms with E-state index >= 15 is 0 Å². The molecule has 24 heavy (non-hydrogen) atoms. The molecule has 3 rings (SSSR count). The first-order valence-electron chi connectivity index (χ1n) is 8.17. The van der Waals surface area contributed by atoms with Crippen LogP contribution in [-0.2, 0) is 0 Å². The molecular formula is C17H21F2N3O2. The highest BCUT2D eigenvalue weighted by Crippen LogP contribution is 2.37. The van der Waals surface area contributed by atoms with Gasteiger partial charge in [-0.3, -0.25) is 4.79 Å². The maximum absolute atomic E-state index is 13.1. The van der Waals surface area contributed by atoms with E-state index in [1.165, 1.54) is 6.20 Å². The summed E-state index contributed by atoms with van der Waals surface area (Å²) in [5, 5.41) is 7.03. The van der Waals surface area contributed by atoms with Crippen molar-refractivity contribution in [1.29, 1.82) is 0 Å². The van der Waals surface area contributed by atoms with E-state index in [0.717, 1.165) is 6.42 Å². The van der Waals surface area contributed by atoms with Crippen LogP contribution in [0.4, 0.5) is 8.78 Å². The van der Waals surface area contributed by atoms with Gasteiger partial charge in [0, 0.05) is 25.5 Å². The second kappa shape index (κ2) is 6.75. The van der Waals surface area contributed by atoms with Crippen LogP contribution in [0.3, 0.4) is 0 Å². The van der Waals surface area contributed by atoms with Gasteiger partial charge in [0.1, 0.15) is 0 Å². The number of pyridine rings is 1. The zero-order chi connectivity index (χ0) is 17.2. The van der Waals surface area contributed by atoms with Crippen LogP contribution in [0, 0.1) is 5.92 Å². The summed E-state index contributed by atoms with van der Waals surface area (Å²) in [4.78, 5) is 12.3. The molecular weight excluding hydrogens is 316 g/mol. The van der Waals surface area contributed by atoms with Crippen LogP contribution in [0.2, 0.25) is 0 Å². The van der Waals surface area contributed by atoms with Gasteiger partial charge in [0.2, 0.25) is 11.8 Å². The van der Waals surface area contributed by atoms with Crippen LogP contribution in [0.15, 0.2) is 24.4 Å². The molecule has 1 aliphatic rings. The Labute approximate surface area is 139 Å². The quantitative estimate of drug-likeness (QED) is 0.911. The molecule has 0 aliphatic heterocycles. The minimum absolute atomic E-state index is 0.0422. The third-order valence-corrected chi connectivity index (χ3v) is 4.64. The van der Waals surface area contributed by atoms with Crippen molar-refractivity contribution in [3.63, 3.8) is 0 Å². The third-order valence-electron chi connectivity index (χ3n) is 4.64. The highest BCUT2D eigenvalue weighted by atomic mass is 19.3. The third kappa shape index (κ3) is 3.49. The van der Waals surface area contributed by atoms with Crippen molar-refractivity contribution in [2.24, 2.45) is 5.92 Å². The molecule has 0 atom stereocenters. The van der Waals surface area contributed by atoms with Gasteiger partial charge in [-0.15, -0.1) is 0 Å². The predicted octanol–water partition coefficient (Wildman–Crippen LogP) is 3.29. The largest absolute Gasteiger partial charge is 0.481 e. The van der Waals surface area contributed by atoms with Gasteiger partial charge in [0.15, 0.2) is 0 Å². The highest BCUT2D eigenvalue weighted by Gasteiger charge is 2.34. The van der Waals surface area contributed by atoms with Crippen molar-refractivity contribution in [2.45, 2.75) is 38.0 Å². The van der Waals surface area contributed by atoms with Crippen molar-refractivity contribution in [3.05, 3.63) is 30.0 Å². The Kier molecular flexibility index (Phi) is 4.69. The van der Waals surface area contributed by atoms with E-state index in [0.29, 0.717) is 36.3 Å². The molecule has 2 aromatic rings. The van der Waals surface area contributed by atoms with Crippen molar-refractivity contribution in [1.82, 2.24) is 14.9 Å². The molecule has 7 heteroatoms. The lowest BCUT2D eigenvalue weighted by molar-refractivity contribution is -0.0464. The summed E-state index contributed by atoms with van der Waals surface area (Å²) in [5.74, 6) is -1.90. The molecule has 2 aromatic heterocycles. The van der Waals surface area contributed by atoms with Crippen LogP contribution < -0.4 is 10.1 Å². The Bertz CT molecular complexity index is 720. The summed E-state index contributed by atoms with van der Waals surface area (Å²) >= 11 is 0. The van der Waals surface area contributed by atoms with Gasteiger partial charge in [0.25, 0.3) is 5.91 Å². The Morgan fingerprint density at radius 2 is 2.17 bits per heavy atom. The molecule has 1 fully saturated rings. The number of hydrogen-bond acceptors (Lipinski definition) is 3. The molecule has 130 valence electrons. The number of rotatable bonds is 5. The smallest absolute Gasteiger partial charge is 0.255 e. The molecule has 5 nitrogen and oxygen atoms in total. The topological polar surface area (TPSA) is 55.6 Å². The van der Waals surface area contributed by atoms with Crippen LogP contribution in [0.1, 0.15) is 42.5 Å². The minimum atomic E-state index is -2.50. The Balaban J connectivity index is 1.56. The number of carbonyl (C=O) groups is 1. The standard InChI is InChI=1S/C17H21F2N3O2/c1-24-15-4-2-3-14-13(11-21-22(14)15)16(23)20-10-7-12-5-8-17(18,19)9-6-12/h2-4,11-12H,5-10H2,1H3,(H,20,23). The summed E-state index contributed by atoms with van der Waals surface area (Å²) in [6.07, 6.45) is 3.20. The lowest BCUT2D eigenvalue weighted by Crippen LogP contribution is -2.29. The summed E-state index contributed by atoms with van der Waals surface area (Å²) < 4.78 is 33.0. The van der Waals surface area contributed by atoms with Crippen molar-refractivity contribution < 1.29 is 18.3 Å². The number of methoxy groups -OCH3 is 1. The lowest BCUT2D eigenvalue weighted by atomic mass is 9.85. The number of fused-ring (bicyclic) bond motifs is 1. The van der Waals surface area contributed by atoms with E-state index in [1.807, 2.05) is 0 Å². The maximum Gasteiger partial charge on any atom is 0.255 e. The fourth-order valence-corrected chi connectivity index (χ4v) is 3.19. The maximum atomic E-state index is 13.1. The summed E-state index contributed by atoms with van der Waals surface area (Å²) in [6, 6.07) is 5.36. The van der Waals surface area contributed by atoms with E-state index in [9.17, 15) is 13.6 Å². The van der Waals surface area contributed by atoms with E-state index in [2.05, 4.69) is 10.4 Å². The molecule has 1 aliphatic carbocycles. The first kappa shape index (κ1) is 16.7. The number of nitrogens with zero attached hydrogens (tertiary/aromatic N) is 2. The molecule has 0 radical (unpaired) electrons. The van der Waals surface area contributed by atoms with Crippen molar-refractivity contribution >= 4 is 11.4 Å². The van der Waals surface area contributed by atoms with Crippen LogP contribution in [0.5, 0.6) is 5.88 Å². The molecule has 1 saturated carbocycles. The average Bonchev–Trinajstić information content (AvgIpc) is 3.00. The average molecular weight is 337 g/mol. The first-order chi connectivity index (χ1) is 11.5. The zero-order valence-electron chi connectivity index (χ0n) is 13.6. The second-order valence-corrected chi connectivity index (χ2v) is 6.27. The molecule has 1 N–H and O–H groups in total. The van der Waals surface area contributed by atoms with Gasteiger partial charge in [-0.1, -0.05) is 6.07 Å². The molecule has 0 aromatic carbocycles. The van der Waals surface area contributed by atoms with Gasteiger partial charge >= 0.3 is 0 Å². The van der Waals surface area contributed by atoms with E-state index in [1.54, 1.807) is 29.8 Å². The number of amides is 1. The van der Waals surface area contributed by atoms with E-state index in [4.69, 9.17) is 4.74 Å². The molecule has 0 saturated heterocycles. The summed E-state index contributed by atoms with van der Waals surface area (Å²) in [6.45, 7) is 0.483. The van der Waals surface area contributed by atoms with Crippen LogP contribution >= 0.6 is 0 Å². The normalized spacial score (nSPS) is 17.8. The van der Waals surface area contributed by atoms with Crippen LogP contribution in [-0.4, -0.2) is 35.1 Å². The summed E-state index contributed by atoms with van der Waals surface area (Å²) in [5.41, 5.74) is 1.15. The van der Waals surface area contributed by atoms with Gasteiger partial charge < -0.3 is 10.1 Å². The van der Waals surface area contributed by atoms with Gasteiger partial charge in [0.05, 0.1) is 24.4 Å². The van der Waals surface area contributed by atoms with E-state index in [-0.39, 0.29) is 24.7 Å². The molecule has 2 heterocycles. The number of alkyl halides is 2. The highest BCUT2D eigenvalue weighted by molar-refractivity contribution is 6.00. The fourth-order valence-electron chi connectivity index (χ4n) is 3.19. The van der Waals surface area contributed by atoms with Crippen molar-refractivity contribution in [2.75, 3.05) is 13.7 Å². The minimum Gasteiger partial charge on any atom is -0.481 e. The summed E-state index contributed by atoms with van der Waals surface area (Å²) in [7, 11) is 1.55. The number of halogens is 2. The zero-order valence-corrected chi connectivity index (χ0v) is 13.6. The Morgan fingerprint density at radius 3 is 2.88 bits per heavy atom. The molecule has 0 unspecified atom stereocenters. The monoisotopic (exact) mass is 337 g/mol. The number of ether oxygens (including phenoxy) is 1. The van der Waals surface area contributed by atoms with Gasteiger partial charge in [-0.2, -0.15) is 5.10 Å². The number of carbonyl (C=O) groups excluding carboxylic acids is 1. The molecule has 0 bridgehead atoms. The SMILES string of the molecule is COc1cccc2c(C(=O)NCCC3CCC(F)(F)CC3)cnn12. The Hall–Kier alpha value is -2.18. The molecule has 0 spiro atoms.